The van der Waals surface area contributed by atoms with Gasteiger partial charge in [0.1, 0.15) is 0 Å². The van der Waals surface area contributed by atoms with Crippen LogP contribution >= 0.6 is 22.7 Å². The second-order valence-corrected chi connectivity index (χ2v) is 16.9. The van der Waals surface area contributed by atoms with Crippen molar-refractivity contribution in [2.45, 2.75) is 0 Å². The highest BCUT2D eigenvalue weighted by molar-refractivity contribution is 7.22. The maximum absolute atomic E-state index is 2.40. The first-order valence-corrected chi connectivity index (χ1v) is 20.8. The van der Waals surface area contributed by atoms with E-state index in [2.05, 4.69) is 194 Å². The van der Waals surface area contributed by atoms with Gasteiger partial charge in [-0.25, -0.2) is 0 Å². The summed E-state index contributed by atoms with van der Waals surface area (Å²) in [6.45, 7) is 0. The van der Waals surface area contributed by atoms with E-state index < -0.39 is 0 Å². The molecule has 0 fully saturated rings. The molecule has 0 N–H and O–H groups in total. The van der Waals surface area contributed by atoms with Gasteiger partial charge in [-0.3, -0.25) is 0 Å². The van der Waals surface area contributed by atoms with Crippen LogP contribution < -0.4 is 0 Å². The predicted octanol–water partition coefficient (Wildman–Crippen LogP) is 16.5. The average Bonchev–Trinajstić information content (AvgIpc) is 3.89. The fraction of sp³-hybridized carbons (Fsp3) is 0. The van der Waals surface area contributed by atoms with Crippen LogP contribution in [0.25, 0.3) is 117 Å². The summed E-state index contributed by atoms with van der Waals surface area (Å²) in [4.78, 5) is 2.62. The van der Waals surface area contributed by atoms with Crippen LogP contribution in [0.5, 0.6) is 0 Å². The van der Waals surface area contributed by atoms with Gasteiger partial charge in [-0.1, -0.05) is 170 Å². The molecule has 0 aliphatic rings. The number of rotatable bonds is 4. The topological polar surface area (TPSA) is 0 Å². The van der Waals surface area contributed by atoms with Gasteiger partial charge >= 0.3 is 0 Å². The lowest BCUT2D eigenvalue weighted by molar-refractivity contribution is 1.68. The number of benzene rings is 10. The molecule has 0 amide bonds. The highest BCUT2D eigenvalue weighted by atomic mass is 32.1. The largest absolute Gasteiger partial charge is 0.135 e. The summed E-state index contributed by atoms with van der Waals surface area (Å²) < 4.78 is 2.64. The number of thiophene rings is 2. The van der Waals surface area contributed by atoms with Crippen molar-refractivity contribution in [1.82, 2.24) is 0 Å². The van der Waals surface area contributed by atoms with Gasteiger partial charge in [-0.05, 0) is 111 Å². The molecule has 2 heteroatoms. The van der Waals surface area contributed by atoms with Crippen LogP contribution in [-0.4, -0.2) is 0 Å². The number of hydrogen-bond acceptors (Lipinski definition) is 2. The Kier molecular flexibility index (Phi) is 7.07. The quantitative estimate of drug-likeness (QED) is 0.157. The first-order chi connectivity index (χ1) is 27.8. The molecule has 260 valence electrons. The van der Waals surface area contributed by atoms with E-state index >= 15 is 0 Å². The summed E-state index contributed by atoms with van der Waals surface area (Å²) in [5, 5.41) is 15.4. The van der Waals surface area contributed by atoms with E-state index in [1.165, 1.54) is 117 Å². The summed E-state index contributed by atoms with van der Waals surface area (Å²) >= 11 is 3.77. The minimum absolute atomic E-state index is 1.26. The monoisotopic (exact) mass is 744 g/mol. The first kappa shape index (κ1) is 31.7. The van der Waals surface area contributed by atoms with Crippen molar-refractivity contribution in [3.05, 3.63) is 194 Å². The highest BCUT2D eigenvalue weighted by Crippen LogP contribution is 2.51. The lowest BCUT2D eigenvalue weighted by Crippen LogP contribution is -1.93. The Morgan fingerprint density at radius 2 is 0.500 bits per heavy atom. The van der Waals surface area contributed by atoms with Crippen molar-refractivity contribution < 1.29 is 0 Å². The SMILES string of the molecule is c1ccc2sc(-c3c4ccccc4c(-c4ccc(-c5c6ccccc6c(-c6cc7ccccc7s6)c6ccccc56)c5ccccc45)c4ccccc34)cc2c1. The summed E-state index contributed by atoms with van der Waals surface area (Å²) in [6, 6.07) is 72.2. The zero-order valence-electron chi connectivity index (χ0n) is 30.3. The van der Waals surface area contributed by atoms with Crippen LogP contribution in [0.2, 0.25) is 0 Å². The maximum atomic E-state index is 2.40. The third-order valence-electron chi connectivity index (χ3n) is 11.7. The number of hydrogen-bond donors (Lipinski definition) is 0. The summed E-state index contributed by atoms with van der Waals surface area (Å²) in [6.07, 6.45) is 0. The van der Waals surface area contributed by atoms with Gasteiger partial charge in [-0.2, -0.15) is 0 Å². The third kappa shape index (κ3) is 4.70. The van der Waals surface area contributed by atoms with Gasteiger partial charge in [0.25, 0.3) is 0 Å². The molecule has 0 bridgehead atoms. The average molecular weight is 745 g/mol. The van der Waals surface area contributed by atoms with Crippen molar-refractivity contribution in [3.8, 4) is 43.1 Å². The third-order valence-corrected chi connectivity index (χ3v) is 13.9. The van der Waals surface area contributed by atoms with Crippen LogP contribution in [-0.2, 0) is 0 Å². The first-order valence-electron chi connectivity index (χ1n) is 19.2. The van der Waals surface area contributed by atoms with E-state index in [9.17, 15) is 0 Å². The molecule has 56 heavy (non-hydrogen) atoms. The fourth-order valence-electron chi connectivity index (χ4n) is 9.31. The molecule has 0 unspecified atom stereocenters. The lowest BCUT2D eigenvalue weighted by Gasteiger charge is -2.21. The molecule has 0 atom stereocenters. The van der Waals surface area contributed by atoms with E-state index in [0.29, 0.717) is 0 Å². The molecule has 12 rings (SSSR count). The fourth-order valence-corrected chi connectivity index (χ4v) is 11.6. The zero-order valence-corrected chi connectivity index (χ0v) is 31.9. The molecule has 0 radical (unpaired) electrons. The van der Waals surface area contributed by atoms with Crippen molar-refractivity contribution in [1.29, 1.82) is 0 Å². The predicted molar refractivity (Wildman–Crippen MR) is 246 cm³/mol. The Morgan fingerprint density at radius 1 is 0.232 bits per heavy atom. The van der Waals surface area contributed by atoms with Crippen LogP contribution in [0.15, 0.2) is 194 Å². The Hall–Kier alpha value is -6.58. The smallest absolute Gasteiger partial charge is 0.0367 e. The van der Waals surface area contributed by atoms with Crippen molar-refractivity contribution in [2.24, 2.45) is 0 Å². The van der Waals surface area contributed by atoms with E-state index in [1.54, 1.807) is 0 Å². The van der Waals surface area contributed by atoms with Crippen LogP contribution in [0.3, 0.4) is 0 Å². The molecule has 10 aromatic carbocycles. The number of fused-ring (bicyclic) bond motifs is 7. The van der Waals surface area contributed by atoms with E-state index in [0.717, 1.165) is 0 Å². The van der Waals surface area contributed by atoms with E-state index in [-0.39, 0.29) is 0 Å². The molecule has 0 aliphatic carbocycles. The lowest BCUT2D eigenvalue weighted by atomic mass is 9.83. The second kappa shape index (κ2) is 12.5. The van der Waals surface area contributed by atoms with Gasteiger partial charge in [-0.15, -0.1) is 22.7 Å². The molecular weight excluding hydrogens is 713 g/mol. The summed E-state index contributed by atoms with van der Waals surface area (Å²) in [7, 11) is 0. The minimum atomic E-state index is 1.26. The summed E-state index contributed by atoms with van der Waals surface area (Å²) in [5.41, 5.74) is 7.74. The molecule has 12 aromatic rings. The molecule has 0 aliphatic heterocycles. The van der Waals surface area contributed by atoms with E-state index in [4.69, 9.17) is 0 Å². The molecule has 0 saturated heterocycles. The Morgan fingerprint density at radius 3 is 0.821 bits per heavy atom. The normalized spacial score (nSPS) is 11.9. The zero-order chi connectivity index (χ0) is 36.7. The highest BCUT2D eigenvalue weighted by Gasteiger charge is 2.22. The Balaban J connectivity index is 1.15. The van der Waals surface area contributed by atoms with Gasteiger partial charge in [0.05, 0.1) is 0 Å². The maximum Gasteiger partial charge on any atom is 0.0367 e. The summed E-state index contributed by atoms with van der Waals surface area (Å²) in [5.74, 6) is 0. The van der Waals surface area contributed by atoms with Crippen LogP contribution in [0, 0.1) is 0 Å². The standard InChI is InChI=1S/C54H32S2/c1-13-27-47-33(15-1)31-49(55-47)53-41-23-9-5-19-37(41)51(38-20-6-10-24-42(38)53)45-29-30-46(36-18-4-3-17-35(36)45)52-39-21-7-11-25-43(39)54(44-26-12-8-22-40(44)52)50-32-34-16-2-14-28-48(34)56-50/h1-32H. The van der Waals surface area contributed by atoms with Crippen molar-refractivity contribution in [3.63, 3.8) is 0 Å². The van der Waals surface area contributed by atoms with E-state index in [1.807, 2.05) is 22.7 Å². The van der Waals surface area contributed by atoms with Gasteiger partial charge in [0.15, 0.2) is 0 Å². The Labute approximate surface area is 332 Å². The molecule has 0 saturated carbocycles. The molecule has 2 aromatic heterocycles. The molecule has 2 heterocycles. The second-order valence-electron chi connectivity index (χ2n) is 14.7. The van der Waals surface area contributed by atoms with Gasteiger partial charge in [0.2, 0.25) is 0 Å². The minimum Gasteiger partial charge on any atom is -0.135 e. The molecule has 0 nitrogen and oxygen atoms in total. The van der Waals surface area contributed by atoms with Crippen LogP contribution in [0.1, 0.15) is 0 Å². The Bertz CT molecular complexity index is 3130. The van der Waals surface area contributed by atoms with Gasteiger partial charge < -0.3 is 0 Å². The molecule has 0 spiro atoms. The van der Waals surface area contributed by atoms with Crippen LogP contribution in [0.4, 0.5) is 0 Å². The van der Waals surface area contributed by atoms with Gasteiger partial charge in [0, 0.05) is 30.3 Å². The molecular formula is C54H32S2. The van der Waals surface area contributed by atoms with Crippen molar-refractivity contribution in [2.75, 3.05) is 0 Å². The van der Waals surface area contributed by atoms with Crippen molar-refractivity contribution >= 4 is 96.7 Å².